The van der Waals surface area contributed by atoms with Gasteiger partial charge in [-0.2, -0.15) is 0 Å². The number of carbonyl (C=O) groups is 1. The lowest BCUT2D eigenvalue weighted by atomic mass is 10.0. The topological polar surface area (TPSA) is 42.0 Å². The standard InChI is InChI=1S/C15H18N2OS/c1-4-14(18)17-10(2)12-5-7-13(8-6-12)15-11(3)16-9-19-15/h5-10H,4H2,1-3H3,(H,17,18). The van der Waals surface area contributed by atoms with Gasteiger partial charge in [0.2, 0.25) is 5.91 Å². The predicted octanol–water partition coefficient (Wildman–Crippen LogP) is 3.71. The van der Waals surface area contributed by atoms with Crippen LogP contribution in [-0.4, -0.2) is 10.9 Å². The van der Waals surface area contributed by atoms with E-state index in [1.807, 2.05) is 26.3 Å². The number of aromatic nitrogens is 1. The van der Waals surface area contributed by atoms with Gasteiger partial charge in [0, 0.05) is 6.42 Å². The molecule has 0 saturated carbocycles. The lowest BCUT2D eigenvalue weighted by molar-refractivity contribution is -0.121. The van der Waals surface area contributed by atoms with Crippen LogP contribution in [0.4, 0.5) is 0 Å². The molecule has 1 unspecified atom stereocenters. The quantitative estimate of drug-likeness (QED) is 0.923. The molecule has 1 N–H and O–H groups in total. The van der Waals surface area contributed by atoms with E-state index in [1.165, 1.54) is 10.4 Å². The summed E-state index contributed by atoms with van der Waals surface area (Å²) in [4.78, 5) is 16.8. The van der Waals surface area contributed by atoms with E-state index in [9.17, 15) is 4.79 Å². The van der Waals surface area contributed by atoms with Crippen LogP contribution >= 0.6 is 11.3 Å². The Hall–Kier alpha value is -1.68. The lowest BCUT2D eigenvalue weighted by Crippen LogP contribution is -2.25. The average molecular weight is 274 g/mol. The molecular formula is C15H18N2OS. The highest BCUT2D eigenvalue weighted by Crippen LogP contribution is 2.28. The minimum Gasteiger partial charge on any atom is -0.350 e. The molecule has 19 heavy (non-hydrogen) atoms. The van der Waals surface area contributed by atoms with Gasteiger partial charge in [0.05, 0.1) is 22.1 Å². The van der Waals surface area contributed by atoms with Gasteiger partial charge in [-0.15, -0.1) is 11.3 Å². The monoisotopic (exact) mass is 274 g/mol. The molecule has 0 fully saturated rings. The fraction of sp³-hybridized carbons (Fsp3) is 0.333. The van der Waals surface area contributed by atoms with Crippen molar-refractivity contribution < 1.29 is 4.79 Å². The number of aryl methyl sites for hydroxylation is 1. The molecular weight excluding hydrogens is 256 g/mol. The number of thiazole rings is 1. The molecule has 1 heterocycles. The molecule has 1 atom stereocenters. The molecule has 0 saturated heterocycles. The summed E-state index contributed by atoms with van der Waals surface area (Å²) >= 11 is 1.65. The van der Waals surface area contributed by atoms with Crippen LogP contribution < -0.4 is 5.32 Å². The summed E-state index contributed by atoms with van der Waals surface area (Å²) in [6, 6.07) is 8.35. The van der Waals surface area contributed by atoms with Crippen LogP contribution in [0.2, 0.25) is 0 Å². The van der Waals surface area contributed by atoms with E-state index in [-0.39, 0.29) is 11.9 Å². The number of amides is 1. The molecule has 100 valence electrons. The Bertz CT molecular complexity index is 560. The van der Waals surface area contributed by atoms with Gasteiger partial charge >= 0.3 is 0 Å². The van der Waals surface area contributed by atoms with Crippen LogP contribution in [0.5, 0.6) is 0 Å². The highest BCUT2D eigenvalue weighted by Gasteiger charge is 2.09. The predicted molar refractivity (Wildman–Crippen MR) is 79.1 cm³/mol. The highest BCUT2D eigenvalue weighted by atomic mass is 32.1. The van der Waals surface area contributed by atoms with Crippen LogP contribution in [0.3, 0.4) is 0 Å². The van der Waals surface area contributed by atoms with Crippen LogP contribution in [0.1, 0.15) is 37.6 Å². The number of rotatable bonds is 4. The van der Waals surface area contributed by atoms with Crippen molar-refractivity contribution in [2.45, 2.75) is 33.2 Å². The van der Waals surface area contributed by atoms with Crippen molar-refractivity contribution in [2.24, 2.45) is 0 Å². The van der Waals surface area contributed by atoms with Crippen LogP contribution in [0.15, 0.2) is 29.8 Å². The van der Waals surface area contributed by atoms with Gasteiger partial charge in [0.15, 0.2) is 0 Å². The van der Waals surface area contributed by atoms with Gasteiger partial charge in [-0.25, -0.2) is 4.98 Å². The van der Waals surface area contributed by atoms with E-state index in [0.29, 0.717) is 6.42 Å². The number of benzene rings is 1. The Balaban J connectivity index is 2.15. The van der Waals surface area contributed by atoms with Gasteiger partial charge in [-0.05, 0) is 25.0 Å². The SMILES string of the molecule is CCC(=O)NC(C)c1ccc(-c2scnc2C)cc1. The van der Waals surface area contributed by atoms with Crippen molar-refractivity contribution in [3.05, 3.63) is 41.0 Å². The molecule has 0 aliphatic carbocycles. The van der Waals surface area contributed by atoms with Crippen molar-refractivity contribution in [1.29, 1.82) is 0 Å². The van der Waals surface area contributed by atoms with E-state index < -0.39 is 0 Å². The summed E-state index contributed by atoms with van der Waals surface area (Å²) in [5, 5.41) is 2.96. The third kappa shape index (κ3) is 3.20. The maximum atomic E-state index is 11.4. The van der Waals surface area contributed by atoms with Crippen molar-refractivity contribution in [1.82, 2.24) is 10.3 Å². The molecule has 0 spiro atoms. The van der Waals surface area contributed by atoms with E-state index >= 15 is 0 Å². The van der Waals surface area contributed by atoms with Crippen LogP contribution in [-0.2, 0) is 4.79 Å². The minimum absolute atomic E-state index is 0.0454. The molecule has 0 radical (unpaired) electrons. The zero-order valence-electron chi connectivity index (χ0n) is 11.4. The Morgan fingerprint density at radius 1 is 1.37 bits per heavy atom. The van der Waals surface area contributed by atoms with Crippen molar-refractivity contribution >= 4 is 17.2 Å². The number of nitrogens with one attached hydrogen (secondary N) is 1. The number of hydrogen-bond acceptors (Lipinski definition) is 3. The molecule has 2 rings (SSSR count). The molecule has 1 aromatic heterocycles. The number of hydrogen-bond donors (Lipinski definition) is 1. The largest absolute Gasteiger partial charge is 0.350 e. The maximum Gasteiger partial charge on any atom is 0.220 e. The Morgan fingerprint density at radius 2 is 2.05 bits per heavy atom. The normalized spacial score (nSPS) is 12.2. The van der Waals surface area contributed by atoms with Crippen molar-refractivity contribution in [3.63, 3.8) is 0 Å². The second kappa shape index (κ2) is 5.97. The molecule has 0 aliphatic rings. The lowest BCUT2D eigenvalue weighted by Gasteiger charge is -2.14. The molecule has 2 aromatic rings. The first-order chi connectivity index (χ1) is 9.11. The first kappa shape index (κ1) is 13.7. The fourth-order valence-electron chi connectivity index (χ4n) is 1.93. The second-order valence-electron chi connectivity index (χ2n) is 4.53. The summed E-state index contributed by atoms with van der Waals surface area (Å²) in [7, 11) is 0. The number of nitrogens with zero attached hydrogens (tertiary/aromatic N) is 1. The summed E-state index contributed by atoms with van der Waals surface area (Å²) in [6.45, 7) is 5.88. The van der Waals surface area contributed by atoms with Crippen LogP contribution in [0, 0.1) is 6.92 Å². The van der Waals surface area contributed by atoms with E-state index in [4.69, 9.17) is 0 Å². The van der Waals surface area contributed by atoms with Gasteiger partial charge in [-0.1, -0.05) is 31.2 Å². The first-order valence-corrected chi connectivity index (χ1v) is 7.29. The Kier molecular flexibility index (Phi) is 4.32. The molecule has 3 nitrogen and oxygen atoms in total. The van der Waals surface area contributed by atoms with Crippen LogP contribution in [0.25, 0.3) is 10.4 Å². The Morgan fingerprint density at radius 3 is 2.58 bits per heavy atom. The molecule has 4 heteroatoms. The fourth-order valence-corrected chi connectivity index (χ4v) is 2.74. The molecule has 0 aliphatic heterocycles. The summed E-state index contributed by atoms with van der Waals surface area (Å²) < 4.78 is 0. The van der Waals surface area contributed by atoms with Gasteiger partial charge < -0.3 is 5.32 Å². The second-order valence-corrected chi connectivity index (χ2v) is 5.39. The van der Waals surface area contributed by atoms with Crippen molar-refractivity contribution in [2.75, 3.05) is 0 Å². The summed E-state index contributed by atoms with van der Waals surface area (Å²) in [5.41, 5.74) is 5.22. The average Bonchev–Trinajstić information content (AvgIpc) is 2.85. The third-order valence-corrected chi connectivity index (χ3v) is 4.09. The summed E-state index contributed by atoms with van der Waals surface area (Å²) in [6.07, 6.45) is 0.516. The maximum absolute atomic E-state index is 11.4. The van der Waals surface area contributed by atoms with Gasteiger partial charge in [0.1, 0.15) is 0 Å². The Labute approximate surface area is 117 Å². The molecule has 0 bridgehead atoms. The molecule has 1 aromatic carbocycles. The zero-order chi connectivity index (χ0) is 13.8. The third-order valence-electron chi connectivity index (χ3n) is 3.12. The highest BCUT2D eigenvalue weighted by molar-refractivity contribution is 7.13. The smallest absolute Gasteiger partial charge is 0.220 e. The van der Waals surface area contributed by atoms with Crippen molar-refractivity contribution in [3.8, 4) is 10.4 Å². The zero-order valence-corrected chi connectivity index (χ0v) is 12.3. The van der Waals surface area contributed by atoms with Gasteiger partial charge in [0.25, 0.3) is 0 Å². The first-order valence-electron chi connectivity index (χ1n) is 6.41. The molecule has 1 amide bonds. The van der Waals surface area contributed by atoms with E-state index in [1.54, 1.807) is 11.3 Å². The number of carbonyl (C=O) groups excluding carboxylic acids is 1. The van der Waals surface area contributed by atoms with E-state index in [2.05, 4.69) is 34.6 Å². The van der Waals surface area contributed by atoms with E-state index in [0.717, 1.165) is 11.3 Å². The van der Waals surface area contributed by atoms with Gasteiger partial charge in [-0.3, -0.25) is 4.79 Å². The summed E-state index contributed by atoms with van der Waals surface area (Å²) in [5.74, 6) is 0.0786. The minimum atomic E-state index is 0.0454.